The first-order valence-electron chi connectivity index (χ1n) is 16.7. The molecule has 9 nitrogen and oxygen atoms in total. The molecule has 1 atom stereocenters. The molecule has 0 saturated heterocycles. The van der Waals surface area contributed by atoms with E-state index in [1.54, 1.807) is 24.3 Å². The molecule has 3 aliphatic rings. The Labute approximate surface area is 357 Å². The number of halogens is 7. The van der Waals surface area contributed by atoms with Crippen LogP contribution in [0.1, 0.15) is 99.1 Å². The fourth-order valence-electron chi connectivity index (χ4n) is 7.10. The molecule has 1 aliphatic carbocycles. The lowest BCUT2D eigenvalue weighted by molar-refractivity contribution is 0.0641. The first kappa shape index (κ1) is 39.1. The average molecular weight is 907 g/mol. The number of amides is 4. The number of nitrogens with zero attached hydrogens (tertiary/aromatic N) is 3. The molecule has 0 spiro atoms. The van der Waals surface area contributed by atoms with Crippen LogP contribution in [0.2, 0.25) is 35.2 Å². The average Bonchev–Trinajstić information content (AvgIpc) is 3.71. The molecule has 282 valence electrons. The zero-order valence-electron chi connectivity index (χ0n) is 28.4. The van der Waals surface area contributed by atoms with Crippen LogP contribution in [0, 0.1) is 0 Å². The van der Waals surface area contributed by atoms with E-state index in [1.807, 2.05) is 6.92 Å². The van der Waals surface area contributed by atoms with E-state index < -0.39 is 41.1 Å². The van der Waals surface area contributed by atoms with Crippen LogP contribution in [-0.2, 0) is 6.54 Å². The van der Waals surface area contributed by atoms with Gasteiger partial charge in [0.15, 0.2) is 11.6 Å². The number of aromatic nitrogens is 1. The van der Waals surface area contributed by atoms with Gasteiger partial charge in [-0.15, -0.1) is 11.8 Å². The first-order chi connectivity index (χ1) is 26.7. The highest BCUT2D eigenvalue weighted by atomic mass is 35.5. The third kappa shape index (κ3) is 5.71. The van der Waals surface area contributed by atoms with Gasteiger partial charge < -0.3 is 0 Å². The number of Topliss-reactive ketones (excluding diaryl/α,β-unsaturated/α-hetero) is 2. The summed E-state index contributed by atoms with van der Waals surface area (Å²) in [7, 11) is 0. The predicted molar refractivity (Wildman–Crippen MR) is 219 cm³/mol. The summed E-state index contributed by atoms with van der Waals surface area (Å²) in [5.41, 5.74) is -0.162. The number of thioether (sulfide) groups is 1. The smallest absolute Gasteiger partial charge is 0.267 e. The summed E-state index contributed by atoms with van der Waals surface area (Å²) >= 11 is 46.8. The van der Waals surface area contributed by atoms with E-state index in [4.69, 9.17) is 86.2 Å². The van der Waals surface area contributed by atoms with Crippen LogP contribution in [0.25, 0.3) is 10.9 Å². The van der Waals surface area contributed by atoms with Crippen molar-refractivity contribution in [1.82, 2.24) is 9.88 Å². The molecule has 0 bridgehead atoms. The highest BCUT2D eigenvalue weighted by Gasteiger charge is 2.47. The van der Waals surface area contributed by atoms with Crippen LogP contribution >= 0.6 is 93.0 Å². The lowest BCUT2D eigenvalue weighted by Crippen LogP contribution is -2.31. The summed E-state index contributed by atoms with van der Waals surface area (Å²) in [5.74, 6) is -5.13. The standard InChI is InChI=1S/C39H20Cl7N3O6S/c1-2-3-12-56-35-28(43)22-21(25(40)31(35)46)33(50)20(34(22)51)18-10-9-15-14(13-48-36(52)16-6-4-5-7-17(16)37(48)53)8-11-19(32(15)47-18)49-38(54)23-24(39(49)55)27(42)30(45)29(44)26(23)41/h4-11,20H,2-3,12-13H2,1H3. The molecule has 1 unspecified atom stereocenters. The van der Waals surface area contributed by atoms with Crippen molar-refractivity contribution < 1.29 is 28.8 Å². The van der Waals surface area contributed by atoms with E-state index in [2.05, 4.69) is 0 Å². The Morgan fingerprint density at radius 2 is 1.18 bits per heavy atom. The highest BCUT2D eigenvalue weighted by molar-refractivity contribution is 7.99. The van der Waals surface area contributed by atoms with E-state index in [1.165, 1.54) is 36.0 Å². The van der Waals surface area contributed by atoms with Crippen molar-refractivity contribution in [3.63, 3.8) is 0 Å². The van der Waals surface area contributed by atoms with Gasteiger partial charge in [0.2, 0.25) is 0 Å². The van der Waals surface area contributed by atoms with E-state index in [9.17, 15) is 28.8 Å². The maximum Gasteiger partial charge on any atom is 0.267 e. The van der Waals surface area contributed by atoms with Gasteiger partial charge in [0.25, 0.3) is 23.6 Å². The van der Waals surface area contributed by atoms with Gasteiger partial charge in [-0.2, -0.15) is 0 Å². The van der Waals surface area contributed by atoms with Crippen molar-refractivity contribution in [2.45, 2.75) is 37.1 Å². The molecule has 5 aromatic rings. The molecule has 8 rings (SSSR count). The molecule has 4 amide bonds. The van der Waals surface area contributed by atoms with Crippen LogP contribution in [0.15, 0.2) is 53.4 Å². The van der Waals surface area contributed by atoms with Gasteiger partial charge in [-0.05, 0) is 42.0 Å². The van der Waals surface area contributed by atoms with Crippen molar-refractivity contribution in [2.75, 3.05) is 10.7 Å². The third-order valence-corrected chi connectivity index (χ3v) is 14.3. The number of anilines is 1. The number of fused-ring (bicyclic) bond motifs is 4. The SMILES string of the molecule is CCCCSc1c(Cl)c(Cl)c2c(c1Cl)C(=O)C(c1ccc3c(CN4C(=O)c5ccccc5C4=O)ccc(N4C(=O)c5c(Cl)c(Cl)c(Cl)c(Cl)c5C4=O)c3n1)C2=O. The van der Waals surface area contributed by atoms with Gasteiger partial charge in [-0.1, -0.05) is 119 Å². The van der Waals surface area contributed by atoms with Gasteiger partial charge in [0.1, 0.15) is 5.92 Å². The second-order valence-electron chi connectivity index (χ2n) is 13.0. The number of rotatable bonds is 8. The second kappa shape index (κ2) is 14.6. The van der Waals surface area contributed by atoms with Gasteiger partial charge in [0.05, 0.1) is 92.0 Å². The Balaban J connectivity index is 1.28. The van der Waals surface area contributed by atoms with Crippen LogP contribution in [-0.4, -0.2) is 50.8 Å². The summed E-state index contributed by atoms with van der Waals surface area (Å²) in [6, 6.07) is 12.3. The summed E-state index contributed by atoms with van der Waals surface area (Å²) < 4.78 is 0. The minimum absolute atomic E-state index is 0.00170. The van der Waals surface area contributed by atoms with E-state index >= 15 is 0 Å². The van der Waals surface area contributed by atoms with Crippen molar-refractivity contribution in [3.05, 3.63) is 128 Å². The van der Waals surface area contributed by atoms with E-state index in [0.717, 1.165) is 22.6 Å². The van der Waals surface area contributed by atoms with E-state index in [-0.39, 0.29) is 97.4 Å². The molecule has 17 heteroatoms. The van der Waals surface area contributed by atoms with Gasteiger partial charge in [-0.25, -0.2) is 9.88 Å². The maximum atomic E-state index is 14.2. The monoisotopic (exact) mass is 903 g/mol. The van der Waals surface area contributed by atoms with Crippen LogP contribution in [0.4, 0.5) is 5.69 Å². The molecule has 56 heavy (non-hydrogen) atoms. The van der Waals surface area contributed by atoms with Crippen molar-refractivity contribution in [1.29, 1.82) is 0 Å². The molecule has 0 N–H and O–H groups in total. The number of carbonyl (C=O) groups excluding carboxylic acids is 6. The topological polar surface area (TPSA) is 122 Å². The zero-order chi connectivity index (χ0) is 40.1. The lowest BCUT2D eigenvalue weighted by atomic mass is 9.97. The molecule has 2 aliphatic heterocycles. The third-order valence-electron chi connectivity index (χ3n) is 9.83. The minimum Gasteiger partial charge on any atom is -0.293 e. The Morgan fingerprint density at radius 1 is 0.625 bits per heavy atom. The van der Waals surface area contributed by atoms with Crippen LogP contribution in [0.5, 0.6) is 0 Å². The second-order valence-corrected chi connectivity index (χ2v) is 16.7. The Kier molecular flexibility index (Phi) is 10.2. The summed E-state index contributed by atoms with van der Waals surface area (Å²) in [5, 5.41) is -0.850. The normalized spacial score (nSPS) is 16.2. The number of unbranched alkanes of at least 4 members (excludes halogenated alkanes) is 1. The molecule has 0 radical (unpaired) electrons. The Hall–Kier alpha value is -3.71. The van der Waals surface area contributed by atoms with Crippen LogP contribution in [0.3, 0.4) is 0 Å². The summed E-state index contributed by atoms with van der Waals surface area (Å²) in [4.78, 5) is 90.2. The first-order valence-corrected chi connectivity index (χ1v) is 20.4. The Bertz CT molecular complexity index is 2640. The summed E-state index contributed by atoms with van der Waals surface area (Å²) in [6.07, 6.45) is 1.74. The van der Waals surface area contributed by atoms with E-state index in [0.29, 0.717) is 16.2 Å². The number of ketones is 2. The van der Waals surface area contributed by atoms with Gasteiger partial charge in [0, 0.05) is 10.3 Å². The number of hydrogen-bond acceptors (Lipinski definition) is 8. The molecular weight excluding hydrogens is 887 g/mol. The molecular formula is C39H20Cl7N3O6S. The quantitative estimate of drug-likeness (QED) is 0.0377. The molecule has 3 heterocycles. The summed E-state index contributed by atoms with van der Waals surface area (Å²) in [6.45, 7) is 1.79. The number of pyridine rings is 1. The van der Waals surface area contributed by atoms with Gasteiger partial charge >= 0.3 is 0 Å². The fourth-order valence-corrected chi connectivity index (χ4v) is 10.4. The largest absolute Gasteiger partial charge is 0.293 e. The molecule has 0 saturated carbocycles. The highest BCUT2D eigenvalue weighted by Crippen LogP contribution is 2.50. The van der Waals surface area contributed by atoms with Gasteiger partial charge in [-0.3, -0.25) is 33.7 Å². The van der Waals surface area contributed by atoms with Crippen LogP contribution < -0.4 is 4.90 Å². The van der Waals surface area contributed by atoms with Crippen molar-refractivity contribution >= 4 is 145 Å². The number of hydrogen-bond donors (Lipinski definition) is 0. The molecule has 1 aromatic heterocycles. The zero-order valence-corrected chi connectivity index (χ0v) is 34.5. The molecule has 0 fully saturated rings. The Morgan fingerprint density at radius 3 is 1.75 bits per heavy atom. The minimum atomic E-state index is -1.53. The lowest BCUT2D eigenvalue weighted by Gasteiger charge is -2.21. The maximum absolute atomic E-state index is 14.2. The van der Waals surface area contributed by atoms with Crippen molar-refractivity contribution in [2.24, 2.45) is 0 Å². The number of carbonyl (C=O) groups is 6. The molecule has 4 aromatic carbocycles. The van der Waals surface area contributed by atoms with Crippen molar-refractivity contribution in [3.8, 4) is 0 Å². The fraction of sp³-hybridized carbons (Fsp3) is 0.154. The number of imide groups is 2. The number of benzene rings is 4. The predicted octanol–water partition coefficient (Wildman–Crippen LogP) is 11.5.